The van der Waals surface area contributed by atoms with Crippen LogP contribution in [-0.2, 0) is 42.6 Å². The first-order chi connectivity index (χ1) is 32.1. The molecule has 4 rings (SSSR count). The Morgan fingerprint density at radius 3 is 1.52 bits per heavy atom. The van der Waals surface area contributed by atoms with E-state index in [-0.39, 0.29) is 72.9 Å². The van der Waals surface area contributed by atoms with Crippen molar-refractivity contribution in [1.82, 2.24) is 0 Å². The fourth-order valence-electron chi connectivity index (χ4n) is 10.5. The summed E-state index contributed by atoms with van der Waals surface area (Å²) in [7, 11) is 15.0. The van der Waals surface area contributed by atoms with Crippen LogP contribution in [0.1, 0.15) is 94.4 Å². The van der Waals surface area contributed by atoms with Crippen LogP contribution in [0.3, 0.4) is 0 Å². The highest BCUT2D eigenvalue weighted by Gasteiger charge is 2.55. The molecule has 0 aromatic rings. The summed E-state index contributed by atoms with van der Waals surface area (Å²) in [5.74, 6) is 3.45. The largest absolute Gasteiger partial charge is 0.400 e. The van der Waals surface area contributed by atoms with Crippen molar-refractivity contribution in [2.24, 2.45) is 53.3 Å². The topological polar surface area (TPSA) is 184 Å². The van der Waals surface area contributed by atoms with Crippen LogP contribution in [0.25, 0.3) is 0 Å². The summed E-state index contributed by atoms with van der Waals surface area (Å²) in [5.41, 5.74) is 2.19. The lowest BCUT2D eigenvalue weighted by molar-refractivity contribution is -0.256. The number of rotatable bonds is 23. The molecule has 0 aromatic heterocycles. The molecule has 14 heteroatoms. The minimum atomic E-state index is -0.418. The van der Waals surface area contributed by atoms with Gasteiger partial charge in [0, 0.05) is 95.8 Å². The Labute approximate surface area is 407 Å². The van der Waals surface area contributed by atoms with Gasteiger partial charge >= 0.3 is 0 Å². The van der Waals surface area contributed by atoms with E-state index in [2.05, 4.69) is 73.6 Å². The smallest absolute Gasteiger partial charge is 0.184 e. The molecule has 2 saturated carbocycles. The van der Waals surface area contributed by atoms with Gasteiger partial charge in [-0.25, -0.2) is 0 Å². The first-order valence-corrected chi connectivity index (χ1v) is 24.5. The summed E-state index contributed by atoms with van der Waals surface area (Å²) in [6.07, 6.45) is 16.1. The van der Waals surface area contributed by atoms with Crippen molar-refractivity contribution >= 4 is 0 Å². The summed E-state index contributed by atoms with van der Waals surface area (Å²) in [6, 6.07) is 0. The van der Waals surface area contributed by atoms with Crippen molar-refractivity contribution in [3.63, 3.8) is 0 Å². The summed E-state index contributed by atoms with van der Waals surface area (Å²) >= 11 is 0. The molecule has 20 atom stereocenters. The van der Waals surface area contributed by atoms with Gasteiger partial charge in [-0.1, -0.05) is 84.9 Å². The fraction of sp³-hybridized carbons (Fsp3) is 0.849. The molecule has 4 fully saturated rings. The molecule has 0 amide bonds. The molecule has 2 saturated heterocycles. The number of hydrogen-bond donors (Lipinski definition) is 5. The van der Waals surface area contributed by atoms with Crippen LogP contribution in [0, 0.1) is 53.3 Å². The zero-order valence-corrected chi connectivity index (χ0v) is 45.2. The van der Waals surface area contributed by atoms with Crippen LogP contribution < -0.4 is 0 Å². The summed E-state index contributed by atoms with van der Waals surface area (Å²) < 4.78 is 51.0. The maximum atomic E-state index is 11.0. The molecule has 4 aliphatic rings. The van der Waals surface area contributed by atoms with Crippen molar-refractivity contribution in [3.05, 3.63) is 47.6 Å². The highest BCUT2D eigenvalue weighted by atomic mass is 16.7. The van der Waals surface area contributed by atoms with Crippen LogP contribution in [0.15, 0.2) is 47.6 Å². The summed E-state index contributed by atoms with van der Waals surface area (Å²) in [6.45, 7) is 20.0. The van der Waals surface area contributed by atoms with Crippen LogP contribution in [0.2, 0.25) is 0 Å². The third-order valence-corrected chi connectivity index (χ3v) is 14.8. The van der Waals surface area contributed by atoms with Crippen LogP contribution in [0.5, 0.6) is 0 Å². The minimum absolute atomic E-state index is 0.00219. The van der Waals surface area contributed by atoms with Crippen molar-refractivity contribution < 1.29 is 68.2 Å². The molecular weight excluding hydrogens is 861 g/mol. The minimum Gasteiger partial charge on any atom is -0.400 e. The second kappa shape index (κ2) is 35.5. The van der Waals surface area contributed by atoms with E-state index in [9.17, 15) is 10.2 Å². The molecule has 0 radical (unpaired) electrons. The summed E-state index contributed by atoms with van der Waals surface area (Å²) in [5, 5.41) is 42.8. The molecule has 5 N–H and O–H groups in total. The van der Waals surface area contributed by atoms with E-state index in [1.807, 2.05) is 25.2 Å². The van der Waals surface area contributed by atoms with E-state index in [0.29, 0.717) is 54.5 Å². The molecule has 2 heterocycles. The van der Waals surface area contributed by atoms with Gasteiger partial charge in [0.05, 0.1) is 49.3 Å². The number of ether oxygens (including phenoxy) is 9. The lowest BCUT2D eigenvalue weighted by Gasteiger charge is -2.39. The normalized spacial score (nSPS) is 33.1. The second-order valence-corrected chi connectivity index (χ2v) is 18.5. The van der Waals surface area contributed by atoms with Crippen molar-refractivity contribution in [2.75, 3.05) is 77.7 Å². The molecule has 2 aliphatic carbocycles. The number of hydrogen-bond acceptors (Lipinski definition) is 14. The van der Waals surface area contributed by atoms with Gasteiger partial charge < -0.3 is 68.2 Å². The number of allylic oxidation sites excluding steroid dienone is 4. The van der Waals surface area contributed by atoms with Gasteiger partial charge in [0.1, 0.15) is 18.3 Å². The molecule has 0 spiro atoms. The van der Waals surface area contributed by atoms with Crippen molar-refractivity contribution in [3.8, 4) is 0 Å². The zero-order valence-electron chi connectivity index (χ0n) is 45.2. The Hall–Kier alpha value is -1.60. The van der Waals surface area contributed by atoms with Crippen LogP contribution >= 0.6 is 0 Å². The lowest BCUT2D eigenvalue weighted by Crippen LogP contribution is -2.49. The maximum Gasteiger partial charge on any atom is 0.184 e. The predicted octanol–water partition coefficient (Wildman–Crippen LogP) is 7.05. The summed E-state index contributed by atoms with van der Waals surface area (Å²) in [4.78, 5) is 0. The van der Waals surface area contributed by atoms with E-state index in [0.717, 1.165) is 58.2 Å². The van der Waals surface area contributed by atoms with E-state index in [1.54, 1.807) is 49.8 Å². The molecular formula is C53H100O14. The predicted molar refractivity (Wildman–Crippen MR) is 267 cm³/mol. The lowest BCUT2D eigenvalue weighted by atomic mass is 9.91. The van der Waals surface area contributed by atoms with E-state index in [4.69, 9.17) is 58.0 Å². The Balaban J connectivity index is 0.00000117. The molecule has 396 valence electrons. The van der Waals surface area contributed by atoms with Crippen LogP contribution in [-0.4, -0.2) is 171 Å². The Morgan fingerprint density at radius 2 is 1.06 bits per heavy atom. The molecule has 67 heavy (non-hydrogen) atoms. The highest BCUT2D eigenvalue weighted by Crippen LogP contribution is 2.55. The fourth-order valence-corrected chi connectivity index (χ4v) is 10.5. The van der Waals surface area contributed by atoms with Gasteiger partial charge in [0.2, 0.25) is 0 Å². The third kappa shape index (κ3) is 19.5. The monoisotopic (exact) mass is 961 g/mol. The quantitative estimate of drug-likeness (QED) is 0.0657. The molecule has 0 bridgehead atoms. The van der Waals surface area contributed by atoms with Gasteiger partial charge in [-0.05, 0) is 85.7 Å². The number of aliphatic hydroxyl groups is 5. The molecule has 19 unspecified atom stereocenters. The van der Waals surface area contributed by atoms with E-state index in [1.165, 1.54) is 0 Å². The highest BCUT2D eigenvalue weighted by molar-refractivity contribution is 5.19. The van der Waals surface area contributed by atoms with Gasteiger partial charge in [0.15, 0.2) is 6.29 Å². The Bertz CT molecular complexity index is 1370. The third-order valence-electron chi connectivity index (χ3n) is 14.8. The van der Waals surface area contributed by atoms with Gasteiger partial charge in [-0.2, -0.15) is 0 Å². The molecule has 2 aliphatic heterocycles. The number of aliphatic hydroxyl groups excluding tert-OH is 5. The standard InChI is InChI=1S/C26H46O6.C24H42O5.3CH4O/c1-10-19(28-6)17(4)22-18(5)23(22)24(27)15(2)12-11-13-16(3)25-20(29-7)14-21(30-8)26(31-9)32-25;1-8-21(27-6)17(4)19-13-20(19)23(25)15(2)10-9-11-16(3)24-22(28-7)12-18(26-5)14-29-24;3*1-2/h11-13,15,17-27H,10,14H2,1-9H3;9-11,15,17-25H,8,12-14H2,1-7H3;3*2H,1H3/b12-11+,16-13+;10-9+,16-11+;;;/t15?,17?,18-,19?,20?,21?,22?,23?,24?,25?,26?;;;;/m1..../s1. The first-order valence-electron chi connectivity index (χ1n) is 24.5. The van der Waals surface area contributed by atoms with Crippen LogP contribution in [0.4, 0.5) is 0 Å². The van der Waals surface area contributed by atoms with Gasteiger partial charge in [-0.3, -0.25) is 0 Å². The maximum absolute atomic E-state index is 11.0. The van der Waals surface area contributed by atoms with Gasteiger partial charge in [0.25, 0.3) is 0 Å². The first kappa shape index (κ1) is 65.4. The molecule has 0 aromatic carbocycles. The Morgan fingerprint density at radius 1 is 0.582 bits per heavy atom. The number of methoxy groups -OCH3 is 7. The van der Waals surface area contributed by atoms with E-state index >= 15 is 0 Å². The van der Waals surface area contributed by atoms with E-state index < -0.39 is 6.29 Å². The zero-order chi connectivity index (χ0) is 51.6. The van der Waals surface area contributed by atoms with Gasteiger partial charge in [-0.15, -0.1) is 0 Å². The molecule has 14 nitrogen and oxygen atoms in total. The average molecular weight is 961 g/mol. The SMILES string of the molecule is CCC(OC)C(C)C1C(C(O)C(C)/C=C/C=C(\C)C2OC(OC)C(OC)CC2OC)[C@@H]1C.CCC(OC)C(C)C1CC1C(O)C(C)/C=C/C=C(\C)C1OCC(OC)CC1OC.CO.CO.CO. The average Bonchev–Trinajstić information content (AvgIpc) is 4.30. The van der Waals surface area contributed by atoms with Crippen molar-refractivity contribution in [2.45, 2.75) is 162 Å². The second-order valence-electron chi connectivity index (χ2n) is 18.5. The Kier molecular flexibility index (Phi) is 34.6. The van der Waals surface area contributed by atoms with Crippen molar-refractivity contribution in [1.29, 1.82) is 0 Å².